The van der Waals surface area contributed by atoms with Gasteiger partial charge in [-0.05, 0) is 55.2 Å². The van der Waals surface area contributed by atoms with E-state index in [1.54, 1.807) is 0 Å². The third-order valence-electron chi connectivity index (χ3n) is 5.47. The van der Waals surface area contributed by atoms with Crippen molar-refractivity contribution in [3.8, 4) is 5.75 Å². The summed E-state index contributed by atoms with van der Waals surface area (Å²) in [5, 5.41) is 0. The Bertz CT molecular complexity index is 698. The molecule has 172 valence electrons. The van der Waals surface area contributed by atoms with Crippen LogP contribution in [0.1, 0.15) is 77.7 Å². The number of carbonyl (C=O) groups is 3. The van der Waals surface area contributed by atoms with E-state index in [1.165, 1.54) is 64.9 Å². The van der Waals surface area contributed by atoms with Crippen molar-refractivity contribution < 1.29 is 32.4 Å². The molecule has 0 bridgehead atoms. The fourth-order valence-corrected chi connectivity index (χ4v) is 6.29. The third-order valence-corrected chi connectivity index (χ3v) is 8.08. The SMILES string of the molecule is CCCC1CCC(c2ccc(OCC[Si](OC(C)=O)(OC(C)=O)OC(C)=O)cc2)CC1. The van der Waals surface area contributed by atoms with E-state index in [0.29, 0.717) is 11.7 Å². The van der Waals surface area contributed by atoms with Crippen LogP contribution in [-0.2, 0) is 27.7 Å². The lowest BCUT2D eigenvalue weighted by atomic mass is 9.77. The highest BCUT2D eigenvalue weighted by molar-refractivity contribution is 6.65. The molecular formula is C23H34O7Si. The van der Waals surface area contributed by atoms with Crippen molar-refractivity contribution in [3.63, 3.8) is 0 Å². The predicted molar refractivity (Wildman–Crippen MR) is 117 cm³/mol. The number of hydrogen-bond acceptors (Lipinski definition) is 7. The van der Waals surface area contributed by atoms with E-state index >= 15 is 0 Å². The van der Waals surface area contributed by atoms with E-state index in [4.69, 9.17) is 18.0 Å². The van der Waals surface area contributed by atoms with Crippen LogP contribution in [0.4, 0.5) is 0 Å². The molecule has 0 spiro atoms. The molecular weight excluding hydrogens is 416 g/mol. The van der Waals surface area contributed by atoms with E-state index in [9.17, 15) is 14.4 Å². The smallest absolute Gasteiger partial charge is 0.493 e. The number of carbonyl (C=O) groups excluding carboxylic acids is 3. The highest BCUT2D eigenvalue weighted by atomic mass is 28.4. The van der Waals surface area contributed by atoms with E-state index in [1.807, 2.05) is 12.1 Å². The first-order valence-electron chi connectivity index (χ1n) is 11.0. The maximum Gasteiger partial charge on any atom is 0.708 e. The molecule has 1 aromatic rings. The standard InChI is InChI=1S/C23H34O7Si/c1-5-6-20-7-9-21(10-8-20)22-11-13-23(14-12-22)27-15-16-31(28-17(2)24,29-18(3)25)30-19(4)26/h11-14,20-21H,5-10,15-16H2,1-4H3. The molecule has 31 heavy (non-hydrogen) atoms. The number of ether oxygens (including phenoxy) is 1. The second-order valence-corrected chi connectivity index (χ2v) is 10.6. The quantitative estimate of drug-likeness (QED) is 0.475. The van der Waals surface area contributed by atoms with E-state index in [-0.39, 0.29) is 12.7 Å². The summed E-state index contributed by atoms with van der Waals surface area (Å²) in [6.07, 6.45) is 7.65. The monoisotopic (exact) mass is 450 g/mol. The molecule has 1 aromatic carbocycles. The average Bonchev–Trinajstić information content (AvgIpc) is 2.68. The lowest BCUT2D eigenvalue weighted by Gasteiger charge is -2.28. The molecule has 0 N–H and O–H groups in total. The first-order chi connectivity index (χ1) is 14.7. The molecule has 0 unspecified atom stereocenters. The maximum absolute atomic E-state index is 11.5. The molecule has 1 aliphatic rings. The zero-order chi connectivity index (χ0) is 22.9. The van der Waals surface area contributed by atoms with Gasteiger partial charge in [-0.25, -0.2) is 0 Å². The van der Waals surface area contributed by atoms with Crippen molar-refractivity contribution in [3.05, 3.63) is 29.8 Å². The van der Waals surface area contributed by atoms with Crippen molar-refractivity contribution in [2.24, 2.45) is 5.92 Å². The van der Waals surface area contributed by atoms with Gasteiger partial charge in [0.15, 0.2) is 0 Å². The Balaban J connectivity index is 1.94. The van der Waals surface area contributed by atoms with Crippen molar-refractivity contribution >= 4 is 26.7 Å². The first kappa shape index (κ1) is 24.9. The van der Waals surface area contributed by atoms with Crippen LogP contribution in [0, 0.1) is 5.92 Å². The van der Waals surface area contributed by atoms with Crippen molar-refractivity contribution in [1.82, 2.24) is 0 Å². The van der Waals surface area contributed by atoms with Gasteiger partial charge >= 0.3 is 8.80 Å². The Labute approximate surface area is 185 Å². The number of hydrogen-bond donors (Lipinski definition) is 0. The van der Waals surface area contributed by atoms with Crippen LogP contribution in [0.5, 0.6) is 5.75 Å². The summed E-state index contributed by atoms with van der Waals surface area (Å²) in [6, 6.07) is 8.00. The highest BCUT2D eigenvalue weighted by Gasteiger charge is 2.51. The summed E-state index contributed by atoms with van der Waals surface area (Å²) < 4.78 is 21.2. The van der Waals surface area contributed by atoms with Gasteiger partial charge in [0.25, 0.3) is 17.9 Å². The van der Waals surface area contributed by atoms with E-state index < -0.39 is 26.7 Å². The van der Waals surface area contributed by atoms with Gasteiger partial charge in [0, 0.05) is 20.8 Å². The second kappa shape index (κ2) is 11.9. The number of benzene rings is 1. The lowest BCUT2D eigenvalue weighted by molar-refractivity contribution is -0.147. The van der Waals surface area contributed by atoms with Gasteiger partial charge in [0.05, 0.1) is 12.7 Å². The van der Waals surface area contributed by atoms with Crippen LogP contribution in [0.2, 0.25) is 6.04 Å². The van der Waals surface area contributed by atoms with Crippen molar-refractivity contribution in [1.29, 1.82) is 0 Å². The molecule has 0 radical (unpaired) electrons. The summed E-state index contributed by atoms with van der Waals surface area (Å²) in [5.41, 5.74) is 1.32. The van der Waals surface area contributed by atoms with E-state index in [2.05, 4.69) is 19.1 Å². The minimum Gasteiger partial charge on any atom is -0.493 e. The summed E-state index contributed by atoms with van der Waals surface area (Å²) >= 11 is 0. The fourth-order valence-electron chi connectivity index (χ4n) is 4.20. The third kappa shape index (κ3) is 8.36. The molecule has 1 saturated carbocycles. The largest absolute Gasteiger partial charge is 0.708 e. The van der Waals surface area contributed by atoms with Gasteiger partial charge < -0.3 is 18.0 Å². The molecule has 8 heteroatoms. The van der Waals surface area contributed by atoms with Crippen molar-refractivity contribution in [2.45, 2.75) is 78.2 Å². The Morgan fingerprint density at radius 1 is 0.871 bits per heavy atom. The molecule has 7 nitrogen and oxygen atoms in total. The molecule has 1 fully saturated rings. The Morgan fingerprint density at radius 3 is 1.84 bits per heavy atom. The first-order valence-corrected chi connectivity index (χ1v) is 13.0. The zero-order valence-corrected chi connectivity index (χ0v) is 20.0. The molecule has 2 rings (SSSR count). The summed E-state index contributed by atoms with van der Waals surface area (Å²) in [4.78, 5) is 34.5. The topological polar surface area (TPSA) is 88.1 Å². The fraction of sp³-hybridized carbons (Fsp3) is 0.609. The summed E-state index contributed by atoms with van der Waals surface area (Å²) in [5.74, 6) is 0.0605. The van der Waals surface area contributed by atoms with Crippen molar-refractivity contribution in [2.75, 3.05) is 6.61 Å². The minimum absolute atomic E-state index is 0.0189. The number of rotatable bonds is 10. The molecule has 0 amide bonds. The van der Waals surface area contributed by atoms with Gasteiger partial charge in [-0.1, -0.05) is 31.9 Å². The molecule has 1 aliphatic carbocycles. The lowest BCUT2D eigenvalue weighted by Crippen LogP contribution is -2.50. The Kier molecular flexibility index (Phi) is 9.55. The highest BCUT2D eigenvalue weighted by Crippen LogP contribution is 2.37. The summed E-state index contributed by atoms with van der Waals surface area (Å²) in [6.45, 7) is 5.84. The van der Waals surface area contributed by atoms with Crippen LogP contribution in [0.3, 0.4) is 0 Å². The molecule has 0 atom stereocenters. The van der Waals surface area contributed by atoms with Crippen LogP contribution in [0.15, 0.2) is 24.3 Å². The van der Waals surface area contributed by atoms with Crippen LogP contribution in [0.25, 0.3) is 0 Å². The Morgan fingerprint density at radius 2 is 1.39 bits per heavy atom. The van der Waals surface area contributed by atoms with Crippen LogP contribution < -0.4 is 4.74 Å². The average molecular weight is 451 g/mol. The molecule has 0 saturated heterocycles. The Hall–Kier alpha value is -2.35. The molecule has 0 aliphatic heterocycles. The predicted octanol–water partition coefficient (Wildman–Crippen LogP) is 4.77. The van der Waals surface area contributed by atoms with Crippen LogP contribution >= 0.6 is 0 Å². The summed E-state index contributed by atoms with van der Waals surface area (Å²) in [7, 11) is -3.86. The van der Waals surface area contributed by atoms with Crippen LogP contribution in [-0.4, -0.2) is 33.3 Å². The minimum atomic E-state index is -3.86. The van der Waals surface area contributed by atoms with E-state index in [0.717, 1.165) is 5.92 Å². The van der Waals surface area contributed by atoms with Gasteiger partial charge in [-0.15, -0.1) is 0 Å². The van der Waals surface area contributed by atoms with Gasteiger partial charge in [0.2, 0.25) is 0 Å². The van der Waals surface area contributed by atoms with Gasteiger partial charge in [-0.3, -0.25) is 14.4 Å². The molecule has 0 aromatic heterocycles. The zero-order valence-electron chi connectivity index (χ0n) is 19.0. The van der Waals surface area contributed by atoms with Gasteiger partial charge in [-0.2, -0.15) is 0 Å². The molecule has 0 heterocycles. The second-order valence-electron chi connectivity index (χ2n) is 8.14. The normalized spacial score (nSPS) is 18.7. The van der Waals surface area contributed by atoms with Gasteiger partial charge in [0.1, 0.15) is 5.75 Å². The maximum atomic E-state index is 11.5.